The van der Waals surface area contributed by atoms with Gasteiger partial charge in [-0.3, -0.25) is 4.89 Å². The van der Waals surface area contributed by atoms with Crippen LogP contribution in [0.1, 0.15) is 15.9 Å². The highest BCUT2D eigenvalue weighted by Crippen LogP contribution is 2.35. The molecule has 6 heteroatoms. The van der Waals surface area contributed by atoms with Gasteiger partial charge in [0, 0.05) is 0 Å². The standard InChI is InChI=1S/C15H13Cl2NO3/c1-9-7-8-11(16)14(13(9)17)18-12-6-4-3-5-10(12)15(19)21-20-2/h3-8,18H,1-2H3. The molecule has 0 amide bonds. The molecule has 0 unspecified atom stereocenters. The SMILES string of the molecule is COOC(=O)c1ccccc1Nc1c(Cl)ccc(C)c1Cl. The molecule has 2 rings (SSSR count). The van der Waals surface area contributed by atoms with E-state index >= 15 is 0 Å². The molecule has 21 heavy (non-hydrogen) atoms. The Kier molecular flexibility index (Phi) is 5.07. The first-order valence-electron chi connectivity index (χ1n) is 6.10. The molecule has 0 radical (unpaired) electrons. The first-order chi connectivity index (χ1) is 10.0. The first-order valence-corrected chi connectivity index (χ1v) is 6.86. The van der Waals surface area contributed by atoms with Crippen LogP contribution in [-0.2, 0) is 9.78 Å². The Morgan fingerprint density at radius 2 is 1.86 bits per heavy atom. The van der Waals surface area contributed by atoms with Crippen LogP contribution in [0.25, 0.3) is 0 Å². The number of aryl methyl sites for hydroxylation is 1. The molecule has 0 aliphatic heterocycles. The quantitative estimate of drug-likeness (QED) is 0.650. The van der Waals surface area contributed by atoms with E-state index in [-0.39, 0.29) is 0 Å². The molecule has 2 aromatic rings. The van der Waals surface area contributed by atoms with Crippen molar-refractivity contribution >= 4 is 40.5 Å². The fourth-order valence-corrected chi connectivity index (χ4v) is 2.26. The largest absolute Gasteiger partial charge is 0.375 e. The molecule has 0 heterocycles. The zero-order valence-electron chi connectivity index (χ0n) is 11.4. The number of para-hydroxylation sites is 1. The maximum Gasteiger partial charge on any atom is 0.375 e. The van der Waals surface area contributed by atoms with Crippen LogP contribution in [0.2, 0.25) is 10.0 Å². The minimum atomic E-state index is -0.611. The van der Waals surface area contributed by atoms with Gasteiger partial charge < -0.3 is 5.32 Å². The Hall–Kier alpha value is -1.75. The fourth-order valence-electron chi connectivity index (χ4n) is 1.80. The van der Waals surface area contributed by atoms with Crippen LogP contribution in [0.4, 0.5) is 11.4 Å². The lowest BCUT2D eigenvalue weighted by Crippen LogP contribution is -2.07. The van der Waals surface area contributed by atoms with E-state index in [1.54, 1.807) is 30.3 Å². The number of nitrogens with one attached hydrogen (secondary N) is 1. The van der Waals surface area contributed by atoms with Crippen molar-refractivity contribution in [2.45, 2.75) is 6.92 Å². The van der Waals surface area contributed by atoms with Gasteiger partial charge in [0.2, 0.25) is 0 Å². The van der Waals surface area contributed by atoms with Gasteiger partial charge in [-0.1, -0.05) is 41.4 Å². The molecule has 0 aliphatic carbocycles. The topological polar surface area (TPSA) is 47.6 Å². The van der Waals surface area contributed by atoms with E-state index in [0.29, 0.717) is 27.0 Å². The van der Waals surface area contributed by atoms with Gasteiger partial charge >= 0.3 is 5.97 Å². The summed E-state index contributed by atoms with van der Waals surface area (Å²) < 4.78 is 0. The number of hydrogen-bond donors (Lipinski definition) is 1. The van der Waals surface area contributed by atoms with Gasteiger partial charge in [-0.25, -0.2) is 4.79 Å². The average Bonchev–Trinajstić information content (AvgIpc) is 2.48. The molecule has 0 atom stereocenters. The summed E-state index contributed by atoms with van der Waals surface area (Å²) in [5.74, 6) is -0.611. The maximum atomic E-state index is 11.8. The molecule has 0 spiro atoms. The molecule has 0 saturated carbocycles. The number of hydrogen-bond acceptors (Lipinski definition) is 4. The van der Waals surface area contributed by atoms with E-state index in [4.69, 9.17) is 23.2 Å². The van der Waals surface area contributed by atoms with Crippen LogP contribution < -0.4 is 5.32 Å². The number of benzene rings is 2. The molecule has 0 bridgehead atoms. The van der Waals surface area contributed by atoms with E-state index in [1.807, 2.05) is 13.0 Å². The molecule has 110 valence electrons. The second-order valence-corrected chi connectivity index (χ2v) is 5.05. The van der Waals surface area contributed by atoms with Crippen molar-refractivity contribution in [2.24, 2.45) is 0 Å². The first kappa shape index (κ1) is 15.6. The lowest BCUT2D eigenvalue weighted by molar-refractivity contribution is -0.216. The Balaban J connectivity index is 2.41. The van der Waals surface area contributed by atoms with Crippen molar-refractivity contribution in [3.05, 3.63) is 57.6 Å². The molecule has 4 nitrogen and oxygen atoms in total. The maximum absolute atomic E-state index is 11.8. The highest BCUT2D eigenvalue weighted by molar-refractivity contribution is 6.39. The Morgan fingerprint density at radius 1 is 1.14 bits per heavy atom. The summed E-state index contributed by atoms with van der Waals surface area (Å²) in [5.41, 5.74) is 2.25. The summed E-state index contributed by atoms with van der Waals surface area (Å²) in [5, 5.41) is 4.03. The molecule has 0 aromatic heterocycles. The summed E-state index contributed by atoms with van der Waals surface area (Å²) >= 11 is 12.4. The molecule has 0 saturated heterocycles. The molecule has 2 aromatic carbocycles. The summed E-state index contributed by atoms with van der Waals surface area (Å²) in [6, 6.07) is 10.4. The van der Waals surface area contributed by atoms with E-state index in [9.17, 15) is 4.79 Å². The minimum absolute atomic E-state index is 0.313. The number of halogens is 2. The lowest BCUT2D eigenvalue weighted by atomic mass is 10.1. The van der Waals surface area contributed by atoms with Crippen molar-refractivity contribution in [2.75, 3.05) is 12.4 Å². The van der Waals surface area contributed by atoms with Gasteiger partial charge in [-0.2, -0.15) is 4.89 Å². The third-order valence-electron chi connectivity index (χ3n) is 2.85. The predicted molar refractivity (Wildman–Crippen MR) is 83.3 cm³/mol. The van der Waals surface area contributed by atoms with Crippen LogP contribution >= 0.6 is 23.2 Å². The summed E-state index contributed by atoms with van der Waals surface area (Å²) in [4.78, 5) is 20.8. The third kappa shape index (κ3) is 3.47. The number of carbonyl (C=O) groups is 1. The predicted octanol–water partition coefficient (Wildman–Crippen LogP) is 4.76. The molecular weight excluding hydrogens is 313 g/mol. The molecule has 0 aliphatic rings. The zero-order valence-corrected chi connectivity index (χ0v) is 13.0. The molecule has 0 fully saturated rings. The van der Waals surface area contributed by atoms with Gasteiger partial charge in [-0.05, 0) is 30.7 Å². The number of rotatable bonds is 4. The van der Waals surface area contributed by atoms with Gasteiger partial charge in [-0.15, -0.1) is 0 Å². The van der Waals surface area contributed by atoms with Crippen LogP contribution in [-0.4, -0.2) is 13.1 Å². The Bertz CT molecular complexity index is 674. The van der Waals surface area contributed by atoms with E-state index < -0.39 is 5.97 Å². The average molecular weight is 326 g/mol. The van der Waals surface area contributed by atoms with Gasteiger partial charge in [0.25, 0.3) is 0 Å². The smallest absolute Gasteiger partial charge is 0.352 e. The fraction of sp³-hybridized carbons (Fsp3) is 0.133. The molecule has 1 N–H and O–H groups in total. The highest BCUT2D eigenvalue weighted by atomic mass is 35.5. The van der Waals surface area contributed by atoms with Gasteiger partial charge in [0.05, 0.1) is 34.1 Å². The van der Waals surface area contributed by atoms with Crippen LogP contribution in [0.3, 0.4) is 0 Å². The summed E-state index contributed by atoms with van der Waals surface area (Å²) in [7, 11) is 1.27. The number of carbonyl (C=O) groups excluding carboxylic acids is 1. The van der Waals surface area contributed by atoms with Crippen molar-refractivity contribution in [1.82, 2.24) is 0 Å². The zero-order chi connectivity index (χ0) is 15.4. The second kappa shape index (κ2) is 6.80. The van der Waals surface area contributed by atoms with Crippen LogP contribution in [0.15, 0.2) is 36.4 Å². The van der Waals surface area contributed by atoms with E-state index in [2.05, 4.69) is 15.1 Å². The van der Waals surface area contributed by atoms with Crippen LogP contribution in [0.5, 0.6) is 0 Å². The minimum Gasteiger partial charge on any atom is -0.352 e. The monoisotopic (exact) mass is 325 g/mol. The Morgan fingerprint density at radius 3 is 2.57 bits per heavy atom. The van der Waals surface area contributed by atoms with Crippen molar-refractivity contribution in [1.29, 1.82) is 0 Å². The van der Waals surface area contributed by atoms with Crippen LogP contribution in [0, 0.1) is 6.92 Å². The normalized spacial score (nSPS) is 10.3. The summed E-state index contributed by atoms with van der Waals surface area (Å²) in [6.45, 7) is 1.87. The van der Waals surface area contributed by atoms with Gasteiger partial charge in [0.1, 0.15) is 0 Å². The van der Waals surface area contributed by atoms with Crippen molar-refractivity contribution in [3.8, 4) is 0 Å². The number of anilines is 2. The highest BCUT2D eigenvalue weighted by Gasteiger charge is 2.16. The van der Waals surface area contributed by atoms with E-state index in [1.165, 1.54) is 7.11 Å². The lowest BCUT2D eigenvalue weighted by Gasteiger charge is -2.14. The Labute approximate surface area is 132 Å². The van der Waals surface area contributed by atoms with Crippen molar-refractivity contribution < 1.29 is 14.6 Å². The third-order valence-corrected chi connectivity index (χ3v) is 3.65. The molecular formula is C15H13Cl2NO3. The van der Waals surface area contributed by atoms with Gasteiger partial charge in [0.15, 0.2) is 0 Å². The second-order valence-electron chi connectivity index (χ2n) is 4.26. The summed E-state index contributed by atoms with van der Waals surface area (Å²) in [6.07, 6.45) is 0. The van der Waals surface area contributed by atoms with E-state index in [0.717, 1.165) is 5.56 Å². The van der Waals surface area contributed by atoms with Crippen molar-refractivity contribution in [3.63, 3.8) is 0 Å².